The molecule has 0 aromatic rings. The first-order valence-corrected chi connectivity index (χ1v) is 21.3. The Morgan fingerprint density at radius 2 is 0.852 bits per heavy atom. The Bertz CT molecular complexity index is 868. The Morgan fingerprint density at radius 3 is 1.31 bits per heavy atom. The molecule has 0 spiro atoms. The van der Waals surface area contributed by atoms with Crippen molar-refractivity contribution in [2.75, 3.05) is 39.6 Å². The van der Waals surface area contributed by atoms with Crippen LogP contribution in [0.1, 0.15) is 142 Å². The van der Waals surface area contributed by atoms with Gasteiger partial charge in [0, 0.05) is 13.2 Å². The van der Waals surface area contributed by atoms with Gasteiger partial charge in [-0.05, 0) is 12.8 Å². The molecule has 2 aliphatic rings. The van der Waals surface area contributed by atoms with Crippen molar-refractivity contribution in [1.82, 2.24) is 0 Å². The van der Waals surface area contributed by atoms with Crippen LogP contribution in [0.2, 0.25) is 0 Å². The molecule has 2 saturated heterocycles. The fourth-order valence-corrected chi connectivity index (χ4v) is 6.96. The van der Waals surface area contributed by atoms with Gasteiger partial charge >= 0.3 is 0 Å². The summed E-state index contributed by atoms with van der Waals surface area (Å²) in [6, 6.07) is 0. The highest BCUT2D eigenvalue weighted by atomic mass is 16.7. The van der Waals surface area contributed by atoms with Crippen LogP contribution in [0, 0.1) is 0 Å². The van der Waals surface area contributed by atoms with E-state index in [1.165, 1.54) is 83.5 Å². The summed E-state index contributed by atoms with van der Waals surface area (Å²) in [4.78, 5) is 0. The number of aliphatic hydroxyl groups is 8. The maximum Gasteiger partial charge on any atom is 0.187 e. The zero-order valence-electron chi connectivity index (χ0n) is 33.3. The molecule has 0 radical (unpaired) electrons. The highest BCUT2D eigenvalue weighted by Gasteiger charge is 2.47. The molecule has 8 N–H and O–H groups in total. The largest absolute Gasteiger partial charge is 0.394 e. The molecule has 0 unspecified atom stereocenters. The minimum Gasteiger partial charge on any atom is -0.394 e. The summed E-state index contributed by atoms with van der Waals surface area (Å²) < 4.78 is 35.7. The third-order valence-corrected chi connectivity index (χ3v) is 10.6. The third-order valence-electron chi connectivity index (χ3n) is 10.6. The second-order valence-electron chi connectivity index (χ2n) is 15.3. The van der Waals surface area contributed by atoms with Crippen molar-refractivity contribution in [2.24, 2.45) is 0 Å². The minimum absolute atomic E-state index is 0.0206. The molecule has 2 rings (SSSR count). The molecule has 12 atom stereocenters. The van der Waals surface area contributed by atoms with Gasteiger partial charge in [0.05, 0.1) is 26.4 Å². The molecule has 322 valence electrons. The summed E-state index contributed by atoms with van der Waals surface area (Å²) in [5.74, 6) is 0. The zero-order chi connectivity index (χ0) is 39.6. The minimum atomic E-state index is -1.65. The molecular formula is C40H78O14. The molecule has 0 saturated carbocycles. The van der Waals surface area contributed by atoms with Crippen molar-refractivity contribution in [2.45, 2.75) is 216 Å². The molecule has 0 amide bonds. The first kappa shape index (κ1) is 49.6. The normalized spacial score (nSPS) is 30.1. The van der Waals surface area contributed by atoms with E-state index in [1.807, 2.05) is 0 Å². The quantitative estimate of drug-likeness (QED) is 0.0449. The van der Waals surface area contributed by atoms with Crippen molar-refractivity contribution in [3.63, 3.8) is 0 Å². The molecule has 14 heteroatoms. The molecule has 0 aliphatic carbocycles. The van der Waals surface area contributed by atoms with Gasteiger partial charge in [-0.3, -0.25) is 0 Å². The summed E-state index contributed by atoms with van der Waals surface area (Å²) in [6.07, 6.45) is 6.43. The second-order valence-corrected chi connectivity index (χ2v) is 15.3. The van der Waals surface area contributed by atoms with Gasteiger partial charge in [-0.15, -0.1) is 0 Å². The fraction of sp³-hybridized carbons (Fsp3) is 1.00. The smallest absolute Gasteiger partial charge is 0.187 e. The van der Waals surface area contributed by atoms with Gasteiger partial charge in [-0.25, -0.2) is 0 Å². The van der Waals surface area contributed by atoms with E-state index in [-0.39, 0.29) is 13.2 Å². The summed E-state index contributed by atoms with van der Waals surface area (Å²) in [5.41, 5.74) is 0. The van der Waals surface area contributed by atoms with E-state index in [2.05, 4.69) is 13.8 Å². The van der Waals surface area contributed by atoms with E-state index in [1.54, 1.807) is 0 Å². The molecule has 0 bridgehead atoms. The molecule has 2 heterocycles. The number of aliphatic hydroxyl groups excluding tert-OH is 8. The molecular weight excluding hydrogens is 704 g/mol. The second kappa shape index (κ2) is 30.5. The van der Waals surface area contributed by atoms with E-state index in [4.69, 9.17) is 28.4 Å². The summed E-state index contributed by atoms with van der Waals surface area (Å²) in [7, 11) is 0. The lowest BCUT2D eigenvalue weighted by molar-refractivity contribution is -0.329. The number of hydrogen-bond acceptors (Lipinski definition) is 14. The van der Waals surface area contributed by atoms with Gasteiger partial charge in [0.15, 0.2) is 12.6 Å². The Morgan fingerprint density at radius 1 is 0.444 bits per heavy atom. The predicted molar refractivity (Wildman–Crippen MR) is 203 cm³/mol. The van der Waals surface area contributed by atoms with Crippen molar-refractivity contribution < 1.29 is 69.3 Å². The van der Waals surface area contributed by atoms with Crippen LogP contribution < -0.4 is 0 Å². The molecule has 14 nitrogen and oxygen atoms in total. The highest BCUT2D eigenvalue weighted by molar-refractivity contribution is 4.91. The number of unbranched alkanes of at least 4 members (excludes halogenated alkanes) is 18. The fourth-order valence-electron chi connectivity index (χ4n) is 6.96. The predicted octanol–water partition coefficient (Wildman–Crippen LogP) is 3.23. The molecule has 2 fully saturated rings. The van der Waals surface area contributed by atoms with E-state index in [0.717, 1.165) is 44.9 Å². The first-order chi connectivity index (χ1) is 26.2. The van der Waals surface area contributed by atoms with Crippen LogP contribution in [0.15, 0.2) is 0 Å². The summed E-state index contributed by atoms with van der Waals surface area (Å²) in [6.45, 7) is 3.69. The standard InChI is InChI=1S/C40H78O14/c1-3-5-7-9-11-13-15-17-19-21-23-49-27-32(54-40-38(48)36(46)34(44)30(26-42)53-40)31(50-24-22-20-18-16-14-12-10-8-6-4-2)28-51-39-37(47)35(45)33(43)29(25-41)52-39/h29-48H,3-28H2,1-2H3/t29-,30-,31-,32-,33-,34-,35+,36+,37-,38-,39-,40+/m1/s1. The third kappa shape index (κ3) is 18.8. The molecule has 0 aromatic heterocycles. The summed E-state index contributed by atoms with van der Waals surface area (Å²) >= 11 is 0. The van der Waals surface area contributed by atoms with Crippen molar-refractivity contribution in [1.29, 1.82) is 0 Å². The maximum atomic E-state index is 10.8. The summed E-state index contributed by atoms with van der Waals surface area (Å²) in [5, 5.41) is 82.2. The Balaban J connectivity index is 2.07. The number of ether oxygens (including phenoxy) is 6. The van der Waals surface area contributed by atoms with Crippen LogP contribution in [0.25, 0.3) is 0 Å². The van der Waals surface area contributed by atoms with E-state index in [0.29, 0.717) is 13.2 Å². The van der Waals surface area contributed by atoms with Crippen molar-refractivity contribution >= 4 is 0 Å². The van der Waals surface area contributed by atoms with E-state index >= 15 is 0 Å². The van der Waals surface area contributed by atoms with Gasteiger partial charge in [0.1, 0.15) is 61.0 Å². The zero-order valence-corrected chi connectivity index (χ0v) is 33.3. The lowest BCUT2D eigenvalue weighted by Gasteiger charge is -2.42. The van der Waals surface area contributed by atoms with E-state index < -0.39 is 86.8 Å². The van der Waals surface area contributed by atoms with Crippen LogP contribution >= 0.6 is 0 Å². The van der Waals surface area contributed by atoms with Gasteiger partial charge in [0.25, 0.3) is 0 Å². The monoisotopic (exact) mass is 783 g/mol. The Kier molecular flexibility index (Phi) is 28.0. The van der Waals surface area contributed by atoms with Crippen molar-refractivity contribution in [3.05, 3.63) is 0 Å². The molecule has 2 aliphatic heterocycles. The SMILES string of the molecule is CCCCCCCCCCCCOC[C@@H](O[C@@H]1O[C@H](CO)[C@@H](O)[C@H](O)[C@H]1O)[C@@H](CO[C@@H]1O[C@H](CO)[C@@H](O)[C@H](O)[C@H]1O)OCCCCCCCCCCCC. The van der Waals surface area contributed by atoms with Gasteiger partial charge in [0.2, 0.25) is 0 Å². The number of hydrogen-bond donors (Lipinski definition) is 8. The molecule has 0 aromatic carbocycles. The van der Waals surface area contributed by atoms with Crippen LogP contribution in [-0.4, -0.2) is 154 Å². The lowest BCUT2D eigenvalue weighted by atomic mass is 9.99. The van der Waals surface area contributed by atoms with Crippen LogP contribution in [0.5, 0.6) is 0 Å². The average molecular weight is 783 g/mol. The maximum absolute atomic E-state index is 10.8. The highest BCUT2D eigenvalue weighted by Crippen LogP contribution is 2.26. The van der Waals surface area contributed by atoms with Crippen molar-refractivity contribution in [3.8, 4) is 0 Å². The van der Waals surface area contributed by atoms with Crippen LogP contribution in [-0.2, 0) is 28.4 Å². The van der Waals surface area contributed by atoms with Gasteiger partial charge < -0.3 is 69.3 Å². The van der Waals surface area contributed by atoms with Gasteiger partial charge in [-0.1, -0.05) is 129 Å². The first-order valence-electron chi connectivity index (χ1n) is 21.3. The van der Waals surface area contributed by atoms with Crippen LogP contribution in [0.4, 0.5) is 0 Å². The van der Waals surface area contributed by atoms with Gasteiger partial charge in [-0.2, -0.15) is 0 Å². The Hall–Kier alpha value is -0.560. The number of rotatable bonds is 33. The average Bonchev–Trinajstić information content (AvgIpc) is 3.17. The lowest BCUT2D eigenvalue weighted by Crippen LogP contribution is -2.61. The van der Waals surface area contributed by atoms with Crippen LogP contribution in [0.3, 0.4) is 0 Å². The Labute approximate surface area is 324 Å². The molecule has 54 heavy (non-hydrogen) atoms. The van der Waals surface area contributed by atoms with E-state index in [9.17, 15) is 40.9 Å². The topological polar surface area (TPSA) is 217 Å².